The van der Waals surface area contributed by atoms with Crippen LogP contribution in [0.4, 0.5) is 10.1 Å². The summed E-state index contributed by atoms with van der Waals surface area (Å²) in [5, 5.41) is 5.43. The number of nitrogens with one attached hydrogen (secondary N) is 2. The Hall–Kier alpha value is -2.60. The number of carbonyl (C=O) groups excluding carboxylic acids is 2. The minimum absolute atomic E-state index is 0.137. The van der Waals surface area contributed by atoms with Gasteiger partial charge in [0, 0.05) is 10.6 Å². The van der Waals surface area contributed by atoms with Crippen LogP contribution in [0, 0.1) is 5.82 Å². The number of hydrogen-bond donors (Lipinski definition) is 2. The largest absolute Gasteiger partial charge is 0.495 e. The van der Waals surface area contributed by atoms with E-state index in [0.29, 0.717) is 16.5 Å². The smallest absolute Gasteiger partial charge is 0.251 e. The van der Waals surface area contributed by atoms with Crippen molar-refractivity contribution in [1.82, 2.24) is 5.32 Å². The second-order valence-electron chi connectivity index (χ2n) is 4.59. The number of methoxy groups -OCH3 is 1. The van der Waals surface area contributed by atoms with Gasteiger partial charge in [-0.2, -0.15) is 0 Å². The third-order valence-corrected chi connectivity index (χ3v) is 3.17. The van der Waals surface area contributed by atoms with Crippen LogP contribution in [0.3, 0.4) is 0 Å². The summed E-state index contributed by atoms with van der Waals surface area (Å²) in [6, 6.07) is 9.97. The summed E-state index contributed by atoms with van der Waals surface area (Å²) in [6.07, 6.45) is 0. The van der Waals surface area contributed by atoms with Crippen LogP contribution in [0.25, 0.3) is 0 Å². The van der Waals surface area contributed by atoms with E-state index in [2.05, 4.69) is 10.6 Å². The van der Waals surface area contributed by atoms with E-state index >= 15 is 0 Å². The lowest BCUT2D eigenvalue weighted by Crippen LogP contribution is -2.33. The van der Waals surface area contributed by atoms with Crippen LogP contribution in [-0.2, 0) is 4.79 Å². The molecule has 0 aromatic heterocycles. The zero-order chi connectivity index (χ0) is 16.8. The average Bonchev–Trinajstić information content (AvgIpc) is 2.53. The molecule has 0 radical (unpaired) electrons. The van der Waals surface area contributed by atoms with Gasteiger partial charge in [0.25, 0.3) is 5.91 Å². The summed E-state index contributed by atoms with van der Waals surface area (Å²) in [5.74, 6) is -1.09. The van der Waals surface area contributed by atoms with Crippen molar-refractivity contribution in [2.24, 2.45) is 0 Å². The number of amides is 2. The molecule has 0 heterocycles. The predicted molar refractivity (Wildman–Crippen MR) is 85.4 cm³/mol. The van der Waals surface area contributed by atoms with Crippen molar-refractivity contribution in [3.05, 3.63) is 58.9 Å². The second kappa shape index (κ2) is 7.60. The van der Waals surface area contributed by atoms with Crippen molar-refractivity contribution in [2.75, 3.05) is 19.0 Å². The first-order chi connectivity index (χ1) is 11.0. The molecule has 2 N–H and O–H groups in total. The van der Waals surface area contributed by atoms with Crippen molar-refractivity contribution >= 4 is 29.1 Å². The molecule has 0 saturated carbocycles. The van der Waals surface area contributed by atoms with Crippen LogP contribution in [0.2, 0.25) is 5.02 Å². The van der Waals surface area contributed by atoms with E-state index < -0.39 is 17.6 Å². The van der Waals surface area contributed by atoms with Crippen LogP contribution in [0.15, 0.2) is 42.5 Å². The van der Waals surface area contributed by atoms with Gasteiger partial charge in [-0.15, -0.1) is 0 Å². The third kappa shape index (κ3) is 4.69. The Morgan fingerprint density at radius 1 is 1.22 bits per heavy atom. The molecule has 0 unspecified atom stereocenters. The van der Waals surface area contributed by atoms with E-state index in [-0.39, 0.29) is 12.1 Å². The Morgan fingerprint density at radius 2 is 2.00 bits per heavy atom. The zero-order valence-electron chi connectivity index (χ0n) is 12.2. The van der Waals surface area contributed by atoms with Crippen LogP contribution >= 0.6 is 11.6 Å². The fourth-order valence-electron chi connectivity index (χ4n) is 1.86. The summed E-state index contributed by atoms with van der Waals surface area (Å²) in [6.45, 7) is -0.273. The highest BCUT2D eigenvalue weighted by atomic mass is 35.5. The number of carbonyl (C=O) groups is 2. The number of benzene rings is 2. The van der Waals surface area contributed by atoms with Crippen LogP contribution in [-0.4, -0.2) is 25.5 Å². The molecular weight excluding hydrogens is 323 g/mol. The summed E-state index contributed by atoms with van der Waals surface area (Å²) >= 11 is 5.87. The van der Waals surface area contributed by atoms with Crippen molar-refractivity contribution in [1.29, 1.82) is 0 Å². The fourth-order valence-corrected chi connectivity index (χ4v) is 2.04. The molecule has 0 saturated heterocycles. The number of anilines is 1. The Bertz CT molecular complexity index is 737. The Labute approximate surface area is 137 Å². The molecule has 0 aliphatic rings. The van der Waals surface area contributed by atoms with Gasteiger partial charge in [0.15, 0.2) is 0 Å². The highest BCUT2D eigenvalue weighted by Gasteiger charge is 2.11. The molecule has 0 bridgehead atoms. The molecule has 0 aliphatic heterocycles. The lowest BCUT2D eigenvalue weighted by Gasteiger charge is -2.11. The molecule has 0 aliphatic carbocycles. The van der Waals surface area contributed by atoms with Gasteiger partial charge in [0.2, 0.25) is 5.91 Å². The van der Waals surface area contributed by atoms with Gasteiger partial charge < -0.3 is 15.4 Å². The van der Waals surface area contributed by atoms with E-state index in [0.717, 1.165) is 6.07 Å². The molecule has 120 valence electrons. The van der Waals surface area contributed by atoms with Gasteiger partial charge >= 0.3 is 0 Å². The monoisotopic (exact) mass is 336 g/mol. The maximum atomic E-state index is 13.0. The highest BCUT2D eigenvalue weighted by molar-refractivity contribution is 6.31. The standard InChI is InChI=1S/C16H14ClFN2O3/c1-23-14-6-5-11(17)8-13(14)20-15(21)9-19-16(22)10-3-2-4-12(18)7-10/h2-8H,9H2,1H3,(H,19,22)(H,20,21). The van der Waals surface area contributed by atoms with Gasteiger partial charge in [0.1, 0.15) is 11.6 Å². The summed E-state index contributed by atoms with van der Waals surface area (Å²) in [5.41, 5.74) is 0.531. The second-order valence-corrected chi connectivity index (χ2v) is 5.02. The topological polar surface area (TPSA) is 67.4 Å². The van der Waals surface area contributed by atoms with Gasteiger partial charge in [-0.3, -0.25) is 9.59 Å². The van der Waals surface area contributed by atoms with Crippen LogP contribution in [0.5, 0.6) is 5.75 Å². The first-order valence-corrected chi connectivity index (χ1v) is 7.04. The van der Waals surface area contributed by atoms with Crippen LogP contribution < -0.4 is 15.4 Å². The summed E-state index contributed by atoms with van der Waals surface area (Å²) in [7, 11) is 1.46. The minimum Gasteiger partial charge on any atom is -0.495 e. The minimum atomic E-state index is -0.544. The molecule has 2 aromatic carbocycles. The Morgan fingerprint density at radius 3 is 2.70 bits per heavy atom. The van der Waals surface area contributed by atoms with Crippen LogP contribution in [0.1, 0.15) is 10.4 Å². The third-order valence-electron chi connectivity index (χ3n) is 2.93. The molecule has 23 heavy (non-hydrogen) atoms. The molecule has 7 heteroatoms. The molecule has 0 fully saturated rings. The Balaban J connectivity index is 1.95. The van der Waals surface area contributed by atoms with E-state index in [9.17, 15) is 14.0 Å². The van der Waals surface area contributed by atoms with Crippen molar-refractivity contribution in [3.63, 3.8) is 0 Å². The van der Waals surface area contributed by atoms with E-state index in [4.69, 9.17) is 16.3 Å². The van der Waals surface area contributed by atoms with Gasteiger partial charge in [-0.1, -0.05) is 17.7 Å². The molecule has 2 amide bonds. The Kier molecular flexibility index (Phi) is 5.54. The first-order valence-electron chi connectivity index (χ1n) is 6.67. The molecule has 0 spiro atoms. The maximum Gasteiger partial charge on any atom is 0.251 e. The van der Waals surface area contributed by atoms with Crippen molar-refractivity contribution in [2.45, 2.75) is 0 Å². The molecule has 5 nitrogen and oxygen atoms in total. The van der Waals surface area contributed by atoms with Crippen molar-refractivity contribution in [3.8, 4) is 5.75 Å². The maximum absolute atomic E-state index is 13.0. The van der Waals surface area contributed by atoms with E-state index in [1.807, 2.05) is 0 Å². The fraction of sp³-hybridized carbons (Fsp3) is 0.125. The first kappa shape index (κ1) is 16.8. The number of ether oxygens (including phenoxy) is 1. The zero-order valence-corrected chi connectivity index (χ0v) is 13.0. The quantitative estimate of drug-likeness (QED) is 0.882. The van der Waals surface area contributed by atoms with Gasteiger partial charge in [0.05, 0.1) is 19.3 Å². The molecule has 0 atom stereocenters. The summed E-state index contributed by atoms with van der Waals surface area (Å²) in [4.78, 5) is 23.7. The lowest BCUT2D eigenvalue weighted by atomic mass is 10.2. The van der Waals surface area contributed by atoms with Crippen molar-refractivity contribution < 1.29 is 18.7 Å². The normalized spacial score (nSPS) is 10.0. The summed E-state index contributed by atoms with van der Waals surface area (Å²) < 4.78 is 18.2. The number of rotatable bonds is 5. The molecular formula is C16H14ClFN2O3. The van der Waals surface area contributed by atoms with E-state index in [1.54, 1.807) is 12.1 Å². The molecule has 2 aromatic rings. The average molecular weight is 337 g/mol. The lowest BCUT2D eigenvalue weighted by molar-refractivity contribution is -0.115. The predicted octanol–water partition coefficient (Wildman–Crippen LogP) is 2.86. The number of hydrogen-bond acceptors (Lipinski definition) is 3. The highest BCUT2D eigenvalue weighted by Crippen LogP contribution is 2.27. The van der Waals surface area contributed by atoms with Gasteiger partial charge in [-0.25, -0.2) is 4.39 Å². The molecule has 2 rings (SSSR count). The SMILES string of the molecule is COc1ccc(Cl)cc1NC(=O)CNC(=O)c1cccc(F)c1. The van der Waals surface area contributed by atoms with Gasteiger partial charge in [-0.05, 0) is 36.4 Å². The van der Waals surface area contributed by atoms with E-state index in [1.165, 1.54) is 31.4 Å². The number of halogens is 2.